The Labute approximate surface area is 84.4 Å². The highest BCUT2D eigenvalue weighted by Crippen LogP contribution is 2.31. The zero-order chi connectivity index (χ0) is 9.97. The molecule has 2 rings (SSSR count). The Morgan fingerprint density at radius 2 is 2.14 bits per heavy atom. The van der Waals surface area contributed by atoms with Crippen molar-refractivity contribution in [2.45, 2.75) is 38.0 Å². The first-order valence-corrected chi connectivity index (χ1v) is 5.24. The van der Waals surface area contributed by atoms with Gasteiger partial charge in [0.05, 0.1) is 6.20 Å². The average Bonchev–Trinajstić information content (AvgIpc) is 2.61. The Balaban J connectivity index is 2.23. The van der Waals surface area contributed by atoms with Crippen LogP contribution in [-0.2, 0) is 7.05 Å². The molecule has 0 bridgehead atoms. The minimum Gasteiger partial charge on any atom is -0.323 e. The van der Waals surface area contributed by atoms with E-state index < -0.39 is 0 Å². The van der Waals surface area contributed by atoms with Gasteiger partial charge in [-0.3, -0.25) is 0 Å². The fourth-order valence-corrected chi connectivity index (χ4v) is 2.27. The van der Waals surface area contributed by atoms with Gasteiger partial charge in [0, 0.05) is 13.0 Å². The zero-order valence-electron chi connectivity index (χ0n) is 8.53. The molecule has 1 aromatic heterocycles. The number of imidazole rings is 1. The van der Waals surface area contributed by atoms with Crippen LogP contribution in [0.3, 0.4) is 0 Å². The Morgan fingerprint density at radius 1 is 1.43 bits per heavy atom. The molecule has 1 fully saturated rings. The van der Waals surface area contributed by atoms with Gasteiger partial charge in [-0.2, -0.15) is 5.26 Å². The van der Waals surface area contributed by atoms with Crippen molar-refractivity contribution in [3.05, 3.63) is 17.7 Å². The molecule has 1 aromatic rings. The third-order valence-electron chi connectivity index (χ3n) is 3.11. The number of hydrogen-bond acceptors (Lipinski definition) is 2. The van der Waals surface area contributed by atoms with E-state index in [1.54, 1.807) is 6.20 Å². The quantitative estimate of drug-likeness (QED) is 0.680. The monoisotopic (exact) mass is 189 g/mol. The molecule has 0 amide bonds. The first kappa shape index (κ1) is 9.26. The smallest absolute Gasteiger partial charge is 0.139 e. The summed E-state index contributed by atoms with van der Waals surface area (Å²) in [6.07, 6.45) is 8.11. The largest absolute Gasteiger partial charge is 0.323 e. The highest BCUT2D eigenvalue weighted by Gasteiger charge is 2.20. The van der Waals surface area contributed by atoms with Gasteiger partial charge in [-0.15, -0.1) is 0 Å². The van der Waals surface area contributed by atoms with Gasteiger partial charge < -0.3 is 4.57 Å². The topological polar surface area (TPSA) is 41.6 Å². The summed E-state index contributed by atoms with van der Waals surface area (Å²) in [5, 5.41) is 8.82. The van der Waals surface area contributed by atoms with Crippen LogP contribution in [0.1, 0.15) is 49.5 Å². The molecule has 1 aliphatic carbocycles. The maximum Gasteiger partial charge on any atom is 0.139 e. The molecule has 0 radical (unpaired) electrons. The Bertz CT molecular complexity index is 353. The molecule has 0 aliphatic heterocycles. The number of rotatable bonds is 1. The third-order valence-corrected chi connectivity index (χ3v) is 3.11. The van der Waals surface area contributed by atoms with Gasteiger partial charge in [0.25, 0.3) is 0 Å². The molecule has 0 atom stereocenters. The van der Waals surface area contributed by atoms with E-state index in [1.165, 1.54) is 32.1 Å². The summed E-state index contributed by atoms with van der Waals surface area (Å²) in [6.45, 7) is 0. The number of nitriles is 1. The SMILES string of the molecule is Cn1c(C#N)cnc1C1CCCCC1. The van der Waals surface area contributed by atoms with Crippen LogP contribution in [-0.4, -0.2) is 9.55 Å². The molecule has 1 heterocycles. The summed E-state index contributed by atoms with van der Waals surface area (Å²) >= 11 is 0. The highest BCUT2D eigenvalue weighted by atomic mass is 15.1. The van der Waals surface area contributed by atoms with Gasteiger partial charge in [-0.1, -0.05) is 19.3 Å². The van der Waals surface area contributed by atoms with Crippen LogP contribution in [0.25, 0.3) is 0 Å². The molecule has 0 N–H and O–H groups in total. The van der Waals surface area contributed by atoms with Crippen molar-refractivity contribution in [3.63, 3.8) is 0 Å². The second-order valence-electron chi connectivity index (χ2n) is 4.01. The lowest BCUT2D eigenvalue weighted by Gasteiger charge is -2.20. The van der Waals surface area contributed by atoms with Crippen molar-refractivity contribution in [3.8, 4) is 6.07 Å². The van der Waals surface area contributed by atoms with Crippen LogP contribution in [0, 0.1) is 11.3 Å². The van der Waals surface area contributed by atoms with Crippen LogP contribution in [0.15, 0.2) is 6.20 Å². The second kappa shape index (κ2) is 3.83. The van der Waals surface area contributed by atoms with Gasteiger partial charge in [-0.05, 0) is 12.8 Å². The lowest BCUT2D eigenvalue weighted by molar-refractivity contribution is 0.421. The fourth-order valence-electron chi connectivity index (χ4n) is 2.27. The standard InChI is InChI=1S/C11H15N3/c1-14-10(7-12)8-13-11(14)9-5-3-2-4-6-9/h8-9H,2-6H2,1H3. The van der Waals surface area contributed by atoms with Crippen molar-refractivity contribution in [2.24, 2.45) is 7.05 Å². The zero-order valence-corrected chi connectivity index (χ0v) is 8.53. The van der Waals surface area contributed by atoms with Gasteiger partial charge in [0.1, 0.15) is 17.6 Å². The van der Waals surface area contributed by atoms with E-state index in [2.05, 4.69) is 11.1 Å². The lowest BCUT2D eigenvalue weighted by Crippen LogP contribution is -2.10. The maximum atomic E-state index is 8.82. The molecule has 0 saturated heterocycles. The predicted octanol–water partition coefficient (Wildman–Crippen LogP) is 2.34. The molecule has 1 aliphatic rings. The van der Waals surface area contributed by atoms with Gasteiger partial charge >= 0.3 is 0 Å². The van der Waals surface area contributed by atoms with E-state index >= 15 is 0 Å². The molecule has 74 valence electrons. The Hall–Kier alpha value is -1.30. The second-order valence-corrected chi connectivity index (χ2v) is 4.01. The molecule has 0 aromatic carbocycles. The molecule has 14 heavy (non-hydrogen) atoms. The van der Waals surface area contributed by atoms with Gasteiger partial charge in [0.2, 0.25) is 0 Å². The van der Waals surface area contributed by atoms with Crippen LogP contribution in [0.2, 0.25) is 0 Å². The van der Waals surface area contributed by atoms with E-state index in [9.17, 15) is 0 Å². The van der Waals surface area contributed by atoms with E-state index in [0.717, 1.165) is 5.82 Å². The summed E-state index contributed by atoms with van der Waals surface area (Å²) in [6, 6.07) is 2.16. The lowest BCUT2D eigenvalue weighted by atomic mass is 9.89. The van der Waals surface area contributed by atoms with E-state index in [1.807, 2.05) is 11.6 Å². The molecular weight excluding hydrogens is 174 g/mol. The maximum absolute atomic E-state index is 8.82. The fraction of sp³-hybridized carbons (Fsp3) is 0.636. The molecule has 0 unspecified atom stereocenters. The van der Waals surface area contributed by atoms with Crippen molar-refractivity contribution in [1.82, 2.24) is 9.55 Å². The summed E-state index contributed by atoms with van der Waals surface area (Å²) in [4.78, 5) is 4.35. The Morgan fingerprint density at radius 3 is 2.71 bits per heavy atom. The number of aromatic nitrogens is 2. The minimum atomic E-state index is 0.579. The van der Waals surface area contributed by atoms with Crippen molar-refractivity contribution in [1.29, 1.82) is 5.26 Å². The molecule has 0 spiro atoms. The molecule has 3 heteroatoms. The van der Waals surface area contributed by atoms with Crippen molar-refractivity contribution >= 4 is 0 Å². The van der Waals surface area contributed by atoms with E-state index in [-0.39, 0.29) is 0 Å². The first-order chi connectivity index (χ1) is 6.83. The van der Waals surface area contributed by atoms with Crippen molar-refractivity contribution < 1.29 is 0 Å². The summed E-state index contributed by atoms with van der Waals surface area (Å²) in [7, 11) is 1.94. The van der Waals surface area contributed by atoms with Crippen LogP contribution in [0.5, 0.6) is 0 Å². The summed E-state index contributed by atoms with van der Waals surface area (Å²) in [5.74, 6) is 1.68. The van der Waals surface area contributed by atoms with E-state index in [4.69, 9.17) is 5.26 Å². The molecule has 3 nitrogen and oxygen atoms in total. The normalized spacial score (nSPS) is 18.0. The van der Waals surface area contributed by atoms with Crippen LogP contribution >= 0.6 is 0 Å². The molecule has 1 saturated carbocycles. The molecular formula is C11H15N3. The van der Waals surface area contributed by atoms with Crippen LogP contribution in [0.4, 0.5) is 0 Å². The van der Waals surface area contributed by atoms with Gasteiger partial charge in [0.15, 0.2) is 0 Å². The van der Waals surface area contributed by atoms with Crippen LogP contribution < -0.4 is 0 Å². The average molecular weight is 189 g/mol. The summed E-state index contributed by atoms with van der Waals surface area (Å²) < 4.78 is 1.94. The third kappa shape index (κ3) is 1.52. The number of nitrogens with zero attached hydrogens (tertiary/aromatic N) is 3. The van der Waals surface area contributed by atoms with Crippen molar-refractivity contribution in [2.75, 3.05) is 0 Å². The predicted molar refractivity (Wildman–Crippen MR) is 53.7 cm³/mol. The summed E-state index contributed by atoms with van der Waals surface area (Å²) in [5.41, 5.74) is 0.672. The first-order valence-electron chi connectivity index (χ1n) is 5.24. The Kier molecular flexibility index (Phi) is 2.53. The minimum absolute atomic E-state index is 0.579. The van der Waals surface area contributed by atoms with Gasteiger partial charge in [-0.25, -0.2) is 4.98 Å². The number of hydrogen-bond donors (Lipinski definition) is 0. The highest BCUT2D eigenvalue weighted by molar-refractivity contribution is 5.21. The van der Waals surface area contributed by atoms with E-state index in [0.29, 0.717) is 11.6 Å².